The summed E-state index contributed by atoms with van der Waals surface area (Å²) in [7, 11) is -2.46. The Balaban J connectivity index is 2.68. The molecule has 0 bridgehead atoms. The van der Waals surface area contributed by atoms with Crippen LogP contribution in [0.2, 0.25) is 0 Å². The first-order valence-corrected chi connectivity index (χ1v) is 6.73. The van der Waals surface area contributed by atoms with Crippen LogP contribution in [0.15, 0.2) is 45.8 Å². The van der Waals surface area contributed by atoms with Crippen molar-refractivity contribution in [2.45, 2.75) is 4.90 Å². The Morgan fingerprint density at radius 1 is 1.06 bits per heavy atom. The van der Waals surface area contributed by atoms with Gasteiger partial charge in [0.2, 0.25) is 0 Å². The maximum atomic E-state index is 11.5. The molecule has 0 saturated heterocycles. The quantitative estimate of drug-likeness (QED) is 0.801. The van der Waals surface area contributed by atoms with E-state index in [1.165, 1.54) is 6.07 Å². The van der Waals surface area contributed by atoms with Crippen LogP contribution in [-0.4, -0.2) is 15.5 Å². The van der Waals surface area contributed by atoms with Gasteiger partial charge in [-0.15, -0.1) is 0 Å². The fourth-order valence-corrected chi connectivity index (χ4v) is 2.52. The van der Waals surface area contributed by atoms with Gasteiger partial charge in [-0.25, -0.2) is 0 Å². The SMILES string of the molecule is COS(=O)(=O)c1ccc2ccc(Br)cc2c1. The molecule has 84 valence electrons. The van der Waals surface area contributed by atoms with Gasteiger partial charge in [0.05, 0.1) is 12.0 Å². The van der Waals surface area contributed by atoms with E-state index in [1.54, 1.807) is 12.1 Å². The predicted molar refractivity (Wildman–Crippen MR) is 65.8 cm³/mol. The zero-order valence-electron chi connectivity index (χ0n) is 8.48. The summed E-state index contributed by atoms with van der Waals surface area (Å²) < 4.78 is 28.4. The van der Waals surface area contributed by atoms with E-state index in [2.05, 4.69) is 20.1 Å². The molecule has 0 N–H and O–H groups in total. The standard InChI is InChI=1S/C11H9BrO3S/c1-15-16(13,14)11-5-3-8-2-4-10(12)6-9(8)7-11/h2-7H,1H3. The molecule has 0 spiro atoms. The van der Waals surface area contributed by atoms with Crippen molar-refractivity contribution in [3.8, 4) is 0 Å². The minimum Gasteiger partial charge on any atom is -0.270 e. The highest BCUT2D eigenvalue weighted by Crippen LogP contribution is 2.23. The Labute approximate surface area is 102 Å². The first kappa shape index (κ1) is 11.6. The number of hydrogen-bond acceptors (Lipinski definition) is 3. The van der Waals surface area contributed by atoms with Crippen LogP contribution in [0.5, 0.6) is 0 Å². The predicted octanol–water partition coefficient (Wildman–Crippen LogP) is 2.94. The van der Waals surface area contributed by atoms with Gasteiger partial charge in [0, 0.05) is 4.47 Å². The minimum absolute atomic E-state index is 0.167. The van der Waals surface area contributed by atoms with Gasteiger partial charge < -0.3 is 0 Å². The molecule has 5 heteroatoms. The van der Waals surface area contributed by atoms with Crippen LogP contribution in [0.3, 0.4) is 0 Å². The highest BCUT2D eigenvalue weighted by atomic mass is 79.9. The van der Waals surface area contributed by atoms with Crippen molar-refractivity contribution in [2.24, 2.45) is 0 Å². The molecule has 2 aromatic carbocycles. The third-order valence-electron chi connectivity index (χ3n) is 2.28. The van der Waals surface area contributed by atoms with E-state index in [4.69, 9.17) is 0 Å². The molecule has 0 heterocycles. The molecule has 0 fully saturated rings. The van der Waals surface area contributed by atoms with Crippen molar-refractivity contribution in [2.75, 3.05) is 7.11 Å². The summed E-state index contributed by atoms with van der Waals surface area (Å²) in [6, 6.07) is 10.6. The van der Waals surface area contributed by atoms with Crippen LogP contribution in [0.25, 0.3) is 10.8 Å². The highest BCUT2D eigenvalue weighted by molar-refractivity contribution is 9.10. The Bertz CT molecular complexity index is 635. The second-order valence-electron chi connectivity index (χ2n) is 3.27. The molecule has 0 aliphatic rings. The van der Waals surface area contributed by atoms with Gasteiger partial charge in [0.15, 0.2) is 0 Å². The van der Waals surface area contributed by atoms with Gasteiger partial charge in [-0.05, 0) is 35.0 Å². The molecule has 0 unspecified atom stereocenters. The second kappa shape index (κ2) is 4.16. The molecule has 3 nitrogen and oxygen atoms in total. The normalized spacial score (nSPS) is 11.9. The van der Waals surface area contributed by atoms with Gasteiger partial charge in [0.1, 0.15) is 0 Å². The number of halogens is 1. The molecule has 0 atom stereocenters. The van der Waals surface area contributed by atoms with Gasteiger partial charge in [-0.1, -0.05) is 28.1 Å². The van der Waals surface area contributed by atoms with Crippen molar-refractivity contribution in [3.05, 3.63) is 40.9 Å². The van der Waals surface area contributed by atoms with Crippen LogP contribution in [-0.2, 0) is 14.3 Å². The van der Waals surface area contributed by atoms with E-state index in [-0.39, 0.29) is 4.90 Å². The number of hydrogen-bond donors (Lipinski definition) is 0. The topological polar surface area (TPSA) is 43.4 Å². The summed E-state index contributed by atoms with van der Waals surface area (Å²) in [5, 5.41) is 1.84. The second-order valence-corrected chi connectivity index (χ2v) is 5.90. The molecule has 0 radical (unpaired) electrons. The lowest BCUT2D eigenvalue weighted by Gasteiger charge is -2.03. The van der Waals surface area contributed by atoms with Crippen LogP contribution in [0.1, 0.15) is 0 Å². The summed E-state index contributed by atoms with van der Waals surface area (Å²) in [6.07, 6.45) is 0. The Morgan fingerprint density at radius 2 is 1.75 bits per heavy atom. The van der Waals surface area contributed by atoms with E-state index >= 15 is 0 Å². The first-order chi connectivity index (χ1) is 7.53. The van der Waals surface area contributed by atoms with E-state index in [9.17, 15) is 8.42 Å². The molecular formula is C11H9BrO3S. The lowest BCUT2D eigenvalue weighted by atomic mass is 10.1. The van der Waals surface area contributed by atoms with Crippen molar-refractivity contribution in [3.63, 3.8) is 0 Å². The van der Waals surface area contributed by atoms with Crippen molar-refractivity contribution in [1.29, 1.82) is 0 Å². The summed E-state index contributed by atoms with van der Waals surface area (Å²) in [4.78, 5) is 0.167. The number of fused-ring (bicyclic) bond motifs is 1. The minimum atomic E-state index is -3.62. The molecule has 0 aliphatic carbocycles. The highest BCUT2D eigenvalue weighted by Gasteiger charge is 2.12. The van der Waals surface area contributed by atoms with Crippen molar-refractivity contribution in [1.82, 2.24) is 0 Å². The maximum absolute atomic E-state index is 11.5. The van der Waals surface area contributed by atoms with Crippen molar-refractivity contribution < 1.29 is 12.6 Å². The number of benzene rings is 2. The molecule has 2 aromatic rings. The van der Waals surface area contributed by atoms with Crippen LogP contribution >= 0.6 is 15.9 Å². The van der Waals surface area contributed by atoms with E-state index < -0.39 is 10.1 Å². The molecule has 0 saturated carbocycles. The zero-order valence-corrected chi connectivity index (χ0v) is 10.9. The van der Waals surface area contributed by atoms with Gasteiger partial charge >= 0.3 is 0 Å². The lowest BCUT2D eigenvalue weighted by molar-refractivity contribution is 0.398. The average Bonchev–Trinajstić information content (AvgIpc) is 2.28. The Kier molecular flexibility index (Phi) is 3.01. The van der Waals surface area contributed by atoms with Gasteiger partial charge in [-0.2, -0.15) is 8.42 Å². The van der Waals surface area contributed by atoms with Crippen LogP contribution in [0, 0.1) is 0 Å². The van der Waals surface area contributed by atoms with Crippen LogP contribution < -0.4 is 0 Å². The lowest BCUT2D eigenvalue weighted by Crippen LogP contribution is -2.02. The zero-order chi connectivity index (χ0) is 11.8. The first-order valence-electron chi connectivity index (χ1n) is 4.53. The molecular weight excluding hydrogens is 292 g/mol. The van der Waals surface area contributed by atoms with Crippen molar-refractivity contribution >= 4 is 36.8 Å². The van der Waals surface area contributed by atoms with E-state index in [1.807, 2.05) is 18.2 Å². The molecule has 16 heavy (non-hydrogen) atoms. The molecule has 0 aromatic heterocycles. The fraction of sp³-hybridized carbons (Fsp3) is 0.0909. The molecule has 2 rings (SSSR count). The van der Waals surface area contributed by atoms with Crippen LogP contribution in [0.4, 0.5) is 0 Å². The largest absolute Gasteiger partial charge is 0.296 e. The summed E-state index contributed by atoms with van der Waals surface area (Å²) >= 11 is 3.34. The molecule has 0 amide bonds. The third-order valence-corrected chi connectivity index (χ3v) is 4.05. The maximum Gasteiger partial charge on any atom is 0.296 e. The van der Waals surface area contributed by atoms with E-state index in [0.29, 0.717) is 0 Å². The fourth-order valence-electron chi connectivity index (χ4n) is 1.45. The summed E-state index contributed by atoms with van der Waals surface area (Å²) in [5.74, 6) is 0. The monoisotopic (exact) mass is 300 g/mol. The van der Waals surface area contributed by atoms with Gasteiger partial charge in [0.25, 0.3) is 10.1 Å². The Morgan fingerprint density at radius 3 is 2.44 bits per heavy atom. The number of rotatable bonds is 2. The Hall–Kier alpha value is -0.910. The smallest absolute Gasteiger partial charge is 0.270 e. The van der Waals surface area contributed by atoms with Gasteiger partial charge in [-0.3, -0.25) is 4.18 Å². The molecule has 0 aliphatic heterocycles. The summed E-state index contributed by atoms with van der Waals surface area (Å²) in [6.45, 7) is 0. The third kappa shape index (κ3) is 2.11. The average molecular weight is 301 g/mol. The van der Waals surface area contributed by atoms with E-state index in [0.717, 1.165) is 22.4 Å². The summed E-state index contributed by atoms with van der Waals surface area (Å²) in [5.41, 5.74) is 0.